The number of aromatic nitrogens is 1. The average Bonchev–Trinajstić information content (AvgIpc) is 2.99. The summed E-state index contributed by atoms with van der Waals surface area (Å²) in [6.07, 6.45) is 3.95. The Morgan fingerprint density at radius 3 is 2.88 bits per heavy atom. The molecule has 3 rings (SSSR count). The minimum atomic E-state index is -0.630. The molecule has 4 nitrogen and oxygen atoms in total. The van der Waals surface area contributed by atoms with Crippen molar-refractivity contribution in [1.82, 2.24) is 4.98 Å². The van der Waals surface area contributed by atoms with E-state index in [4.69, 9.17) is 34.4 Å². The number of terminal acetylenes is 1. The van der Waals surface area contributed by atoms with Gasteiger partial charge in [-0.15, -0.1) is 17.8 Å². The van der Waals surface area contributed by atoms with Gasteiger partial charge in [0.25, 0.3) is 0 Å². The van der Waals surface area contributed by atoms with Gasteiger partial charge in [0.2, 0.25) is 0 Å². The molecule has 2 aromatic carbocycles. The average molecular weight is 391 g/mol. The van der Waals surface area contributed by atoms with Crippen molar-refractivity contribution in [1.29, 1.82) is 0 Å². The molecule has 0 bridgehead atoms. The van der Waals surface area contributed by atoms with E-state index in [0.717, 1.165) is 15.2 Å². The predicted molar refractivity (Wildman–Crippen MR) is 103 cm³/mol. The van der Waals surface area contributed by atoms with Crippen LogP contribution in [0.5, 0.6) is 0 Å². The third-order valence-corrected chi connectivity index (χ3v) is 4.95. The fraction of sp³-hybridized carbons (Fsp3) is 0.111. The van der Waals surface area contributed by atoms with Gasteiger partial charge < -0.3 is 4.74 Å². The van der Waals surface area contributed by atoms with Crippen LogP contribution in [0.2, 0.25) is 10.0 Å². The minimum absolute atomic E-state index is 0.529. The summed E-state index contributed by atoms with van der Waals surface area (Å²) < 4.78 is 5.99. The minimum Gasteiger partial charge on any atom is -0.433 e. The molecule has 0 aliphatic heterocycles. The summed E-state index contributed by atoms with van der Waals surface area (Å²) in [4.78, 5) is 16.4. The topological polar surface area (TPSA) is 51.2 Å². The number of ether oxygens (including phenoxy) is 1. The van der Waals surface area contributed by atoms with Crippen molar-refractivity contribution in [2.75, 3.05) is 5.32 Å². The number of halogens is 2. The van der Waals surface area contributed by atoms with E-state index in [1.165, 1.54) is 11.3 Å². The van der Waals surface area contributed by atoms with Crippen molar-refractivity contribution in [3.63, 3.8) is 0 Å². The highest BCUT2D eigenvalue weighted by molar-refractivity contribution is 7.21. The maximum absolute atomic E-state index is 11.8. The lowest BCUT2D eigenvalue weighted by atomic mass is 10.2. The standard InChI is InChI=1S/C18H12Cl2N2O2S/c1-3-10(2)24-18(23)21-12-5-6-14(20)13(9-12)17-22-15-8-11(19)4-7-16(15)25-17/h1,4-10H,2H3,(H,21,23). The molecule has 1 N–H and O–H groups in total. The van der Waals surface area contributed by atoms with Crippen LogP contribution in [0.1, 0.15) is 6.92 Å². The van der Waals surface area contributed by atoms with Gasteiger partial charge in [-0.1, -0.05) is 29.1 Å². The fourth-order valence-corrected chi connectivity index (χ4v) is 3.53. The van der Waals surface area contributed by atoms with Crippen molar-refractivity contribution >= 4 is 56.5 Å². The van der Waals surface area contributed by atoms with Crippen LogP contribution in [-0.2, 0) is 4.74 Å². The number of benzene rings is 2. The van der Waals surface area contributed by atoms with Gasteiger partial charge in [-0.25, -0.2) is 9.78 Å². The van der Waals surface area contributed by atoms with Gasteiger partial charge in [-0.05, 0) is 43.3 Å². The second kappa shape index (κ2) is 7.32. The third kappa shape index (κ3) is 4.05. The molecule has 1 amide bonds. The zero-order valence-corrected chi connectivity index (χ0v) is 15.4. The largest absolute Gasteiger partial charge is 0.433 e. The summed E-state index contributed by atoms with van der Waals surface area (Å²) in [6.45, 7) is 1.61. The lowest BCUT2D eigenvalue weighted by Gasteiger charge is -2.10. The van der Waals surface area contributed by atoms with Crippen LogP contribution in [0.3, 0.4) is 0 Å². The number of fused-ring (bicyclic) bond motifs is 1. The molecule has 1 atom stereocenters. The molecule has 7 heteroatoms. The van der Waals surface area contributed by atoms with Crippen molar-refractivity contribution in [3.8, 4) is 22.9 Å². The van der Waals surface area contributed by atoms with Gasteiger partial charge >= 0.3 is 6.09 Å². The molecule has 126 valence electrons. The van der Waals surface area contributed by atoms with E-state index >= 15 is 0 Å². The second-order valence-electron chi connectivity index (χ2n) is 5.16. The van der Waals surface area contributed by atoms with E-state index in [0.29, 0.717) is 21.3 Å². The van der Waals surface area contributed by atoms with Crippen molar-refractivity contribution < 1.29 is 9.53 Å². The summed E-state index contributed by atoms with van der Waals surface area (Å²) in [5.41, 5.74) is 2.04. The zero-order chi connectivity index (χ0) is 18.0. The summed E-state index contributed by atoms with van der Waals surface area (Å²) in [7, 11) is 0. The van der Waals surface area contributed by atoms with Crippen molar-refractivity contribution in [2.24, 2.45) is 0 Å². The van der Waals surface area contributed by atoms with E-state index in [2.05, 4.69) is 16.2 Å². The number of nitrogens with one attached hydrogen (secondary N) is 1. The summed E-state index contributed by atoms with van der Waals surface area (Å²) in [6, 6.07) is 10.6. The van der Waals surface area contributed by atoms with Crippen LogP contribution in [-0.4, -0.2) is 17.2 Å². The molecule has 0 aliphatic rings. The molecule has 0 radical (unpaired) electrons. The van der Waals surface area contributed by atoms with Gasteiger partial charge in [0.15, 0.2) is 6.10 Å². The van der Waals surface area contributed by atoms with Crippen LogP contribution in [0.25, 0.3) is 20.8 Å². The van der Waals surface area contributed by atoms with E-state index in [1.54, 1.807) is 31.2 Å². The van der Waals surface area contributed by atoms with Gasteiger partial charge in [0.1, 0.15) is 5.01 Å². The zero-order valence-electron chi connectivity index (χ0n) is 13.0. The molecule has 25 heavy (non-hydrogen) atoms. The molecule has 1 heterocycles. The number of carbonyl (C=O) groups excluding carboxylic acids is 1. The van der Waals surface area contributed by atoms with Gasteiger partial charge in [0, 0.05) is 16.3 Å². The predicted octanol–water partition coefficient (Wildman–Crippen LogP) is 5.84. The van der Waals surface area contributed by atoms with Gasteiger partial charge in [-0.2, -0.15) is 0 Å². The third-order valence-electron chi connectivity index (χ3n) is 3.31. The highest BCUT2D eigenvalue weighted by Gasteiger charge is 2.13. The number of hydrogen-bond donors (Lipinski definition) is 1. The number of anilines is 1. The molecule has 3 aromatic rings. The molecule has 0 spiro atoms. The Balaban J connectivity index is 1.90. The number of thiazole rings is 1. The van der Waals surface area contributed by atoms with Crippen LogP contribution in [0.4, 0.5) is 10.5 Å². The van der Waals surface area contributed by atoms with Crippen LogP contribution < -0.4 is 5.32 Å². The first-order valence-corrected chi connectivity index (χ1v) is 8.83. The monoisotopic (exact) mass is 390 g/mol. The van der Waals surface area contributed by atoms with Crippen LogP contribution >= 0.6 is 34.5 Å². The number of carbonyl (C=O) groups is 1. The lowest BCUT2D eigenvalue weighted by molar-refractivity contribution is 0.145. The number of amides is 1. The normalized spacial score (nSPS) is 11.8. The second-order valence-corrected chi connectivity index (χ2v) is 7.04. The molecule has 0 fully saturated rings. The van der Waals surface area contributed by atoms with Crippen LogP contribution in [0.15, 0.2) is 36.4 Å². The van der Waals surface area contributed by atoms with Crippen molar-refractivity contribution in [3.05, 3.63) is 46.4 Å². The molecule has 0 saturated carbocycles. The summed E-state index contributed by atoms with van der Waals surface area (Å²) in [5, 5.41) is 4.51. The maximum atomic E-state index is 11.8. The molecule has 0 aliphatic carbocycles. The lowest BCUT2D eigenvalue weighted by Crippen LogP contribution is -2.18. The Morgan fingerprint density at radius 1 is 1.32 bits per heavy atom. The Morgan fingerprint density at radius 2 is 2.12 bits per heavy atom. The molecular formula is C18H12Cl2N2O2S. The quantitative estimate of drug-likeness (QED) is 0.571. The first kappa shape index (κ1) is 17.6. The van der Waals surface area contributed by atoms with Crippen molar-refractivity contribution in [2.45, 2.75) is 13.0 Å². The first-order chi connectivity index (χ1) is 12.0. The number of nitrogens with zero attached hydrogens (tertiary/aromatic N) is 1. The molecule has 0 saturated heterocycles. The van der Waals surface area contributed by atoms with E-state index in [-0.39, 0.29) is 0 Å². The molecular weight excluding hydrogens is 379 g/mol. The smallest absolute Gasteiger partial charge is 0.412 e. The summed E-state index contributed by atoms with van der Waals surface area (Å²) >= 11 is 13.8. The van der Waals surface area contributed by atoms with Crippen LogP contribution in [0, 0.1) is 12.3 Å². The van der Waals surface area contributed by atoms with E-state index in [9.17, 15) is 4.79 Å². The Hall–Kier alpha value is -2.26. The first-order valence-electron chi connectivity index (χ1n) is 7.26. The number of hydrogen-bond acceptors (Lipinski definition) is 4. The van der Waals surface area contributed by atoms with Gasteiger partial charge in [0.05, 0.1) is 15.2 Å². The Kier molecular flexibility index (Phi) is 5.14. The molecule has 1 aromatic heterocycles. The van der Waals surface area contributed by atoms with Gasteiger partial charge in [-0.3, -0.25) is 5.32 Å². The number of rotatable bonds is 3. The fourth-order valence-electron chi connectivity index (χ4n) is 2.12. The SMILES string of the molecule is C#CC(C)OC(=O)Nc1ccc(Cl)c(-c2nc3cc(Cl)ccc3s2)c1. The molecule has 1 unspecified atom stereocenters. The Bertz CT molecular complexity index is 994. The highest BCUT2D eigenvalue weighted by Crippen LogP contribution is 2.36. The highest BCUT2D eigenvalue weighted by atomic mass is 35.5. The summed E-state index contributed by atoms with van der Waals surface area (Å²) in [5.74, 6) is 2.32. The van der Waals surface area contributed by atoms with E-state index < -0.39 is 12.2 Å². The Labute approximate surface area is 158 Å². The maximum Gasteiger partial charge on any atom is 0.412 e. The van der Waals surface area contributed by atoms with E-state index in [1.807, 2.05) is 12.1 Å².